The van der Waals surface area contributed by atoms with Crippen LogP contribution >= 0.6 is 11.3 Å². The highest BCUT2D eigenvalue weighted by molar-refractivity contribution is 7.07. The molecule has 28 heavy (non-hydrogen) atoms. The molecule has 2 aromatic carbocycles. The predicted molar refractivity (Wildman–Crippen MR) is 116 cm³/mol. The fraction of sp³-hybridized carbons (Fsp3) is 0.273. The Morgan fingerprint density at radius 3 is 2.57 bits per heavy atom. The number of hydrogen-bond donors (Lipinski definition) is 1. The van der Waals surface area contributed by atoms with Gasteiger partial charge in [0.05, 0.1) is 18.5 Å². The zero-order valence-electron chi connectivity index (χ0n) is 16.9. The van der Waals surface area contributed by atoms with Crippen LogP contribution in [0.4, 0.5) is 0 Å². The summed E-state index contributed by atoms with van der Waals surface area (Å²) in [5.41, 5.74) is 5.92. The van der Waals surface area contributed by atoms with Gasteiger partial charge < -0.3 is 9.84 Å². The van der Waals surface area contributed by atoms with Gasteiger partial charge in [0.2, 0.25) is 4.80 Å². The van der Waals surface area contributed by atoms with Crippen LogP contribution in [0.5, 0.6) is 11.5 Å². The zero-order valence-corrected chi connectivity index (χ0v) is 17.7. The molecule has 3 rings (SSSR count). The van der Waals surface area contributed by atoms with E-state index >= 15 is 0 Å². The average molecular weight is 396 g/mol. The first-order chi connectivity index (χ1) is 13.4. The third-order valence-corrected chi connectivity index (χ3v) is 5.48. The van der Waals surface area contributed by atoms with Gasteiger partial charge in [0.25, 0.3) is 0 Å². The number of phenols is 1. The molecule has 0 bridgehead atoms. The van der Waals surface area contributed by atoms with Crippen molar-refractivity contribution in [2.75, 3.05) is 13.7 Å². The molecule has 5 nitrogen and oxygen atoms in total. The Balaban J connectivity index is 2.14. The van der Waals surface area contributed by atoms with Gasteiger partial charge in [-0.1, -0.05) is 12.1 Å². The van der Waals surface area contributed by atoms with Crippen LogP contribution in [0.1, 0.15) is 30.5 Å². The lowest BCUT2D eigenvalue weighted by Crippen LogP contribution is -2.14. The van der Waals surface area contributed by atoms with Crippen LogP contribution in [0, 0.1) is 13.8 Å². The summed E-state index contributed by atoms with van der Waals surface area (Å²) in [4.78, 5) is 5.40. The second-order valence-electron chi connectivity index (χ2n) is 6.56. The second kappa shape index (κ2) is 8.44. The van der Waals surface area contributed by atoms with Gasteiger partial charge in [-0.3, -0.25) is 4.99 Å². The van der Waals surface area contributed by atoms with E-state index in [4.69, 9.17) is 9.84 Å². The molecule has 3 aromatic rings. The first kappa shape index (κ1) is 19.9. The average Bonchev–Trinajstić information content (AvgIpc) is 3.06. The van der Waals surface area contributed by atoms with Gasteiger partial charge in [-0.25, -0.2) is 4.68 Å². The molecule has 1 N–H and O–H groups in total. The zero-order chi connectivity index (χ0) is 20.3. The number of aromatic hydroxyl groups is 1. The number of nitrogens with zero attached hydrogens (tertiary/aromatic N) is 3. The fourth-order valence-corrected chi connectivity index (χ4v) is 3.78. The molecular weight excluding hydrogens is 370 g/mol. The summed E-state index contributed by atoms with van der Waals surface area (Å²) in [5.74, 6) is 0.743. The highest BCUT2D eigenvalue weighted by Gasteiger charge is 2.11. The Kier molecular flexibility index (Phi) is 5.99. The summed E-state index contributed by atoms with van der Waals surface area (Å²) in [6, 6.07) is 11.6. The maximum absolute atomic E-state index is 10.4. The van der Waals surface area contributed by atoms with Gasteiger partial charge >= 0.3 is 0 Å². The largest absolute Gasteiger partial charge is 0.507 e. The van der Waals surface area contributed by atoms with Gasteiger partial charge in [-0.05, 0) is 57.0 Å². The molecule has 1 aromatic heterocycles. The highest BCUT2D eigenvalue weighted by Crippen LogP contribution is 2.26. The molecule has 0 unspecified atom stereocenters. The Hall–Kier alpha value is -2.86. The van der Waals surface area contributed by atoms with E-state index in [1.54, 1.807) is 24.5 Å². The molecular formula is C22H25N3O2S. The fourth-order valence-electron chi connectivity index (χ4n) is 2.89. The SMILES string of the molecule is CCN=c1scc(-c2ccc(C)c(C)c2)n1N=C(C)c1ccc(OC)cc1O. The van der Waals surface area contributed by atoms with Crippen LogP contribution < -0.4 is 9.54 Å². The van der Waals surface area contributed by atoms with Crippen molar-refractivity contribution in [2.24, 2.45) is 10.1 Å². The summed E-state index contributed by atoms with van der Waals surface area (Å²) in [5, 5.41) is 17.2. The molecule has 0 spiro atoms. The smallest absolute Gasteiger partial charge is 0.206 e. The number of methoxy groups -OCH3 is 1. The summed E-state index contributed by atoms with van der Waals surface area (Å²) in [6.07, 6.45) is 0. The Labute approximate surface area is 169 Å². The maximum atomic E-state index is 10.4. The molecule has 0 fully saturated rings. The summed E-state index contributed by atoms with van der Waals surface area (Å²) in [6.45, 7) is 8.77. The second-order valence-corrected chi connectivity index (χ2v) is 7.39. The van der Waals surface area contributed by atoms with Crippen LogP contribution in [0.3, 0.4) is 0 Å². The predicted octanol–water partition coefficient (Wildman–Crippen LogP) is 4.74. The Morgan fingerprint density at radius 1 is 1.14 bits per heavy atom. The molecule has 6 heteroatoms. The number of aryl methyl sites for hydroxylation is 2. The van der Waals surface area contributed by atoms with Crippen molar-refractivity contribution in [1.29, 1.82) is 0 Å². The maximum Gasteiger partial charge on any atom is 0.206 e. The number of aromatic nitrogens is 1. The van der Waals surface area contributed by atoms with Crippen LogP contribution in [0.25, 0.3) is 11.3 Å². The van der Waals surface area contributed by atoms with Crippen molar-refractivity contribution >= 4 is 17.0 Å². The Bertz CT molecular complexity index is 1090. The molecule has 0 saturated heterocycles. The van der Waals surface area contributed by atoms with E-state index in [1.165, 1.54) is 11.1 Å². The normalized spacial score (nSPS) is 12.5. The van der Waals surface area contributed by atoms with Crippen molar-refractivity contribution in [3.05, 3.63) is 63.3 Å². The number of rotatable bonds is 5. The minimum absolute atomic E-state index is 0.137. The number of phenolic OH excluding ortho intramolecular Hbond substituents is 1. The van der Waals surface area contributed by atoms with E-state index in [0.29, 0.717) is 23.6 Å². The monoisotopic (exact) mass is 395 g/mol. The number of ether oxygens (including phenoxy) is 1. The van der Waals surface area contributed by atoms with E-state index in [9.17, 15) is 5.11 Å². The Morgan fingerprint density at radius 2 is 1.93 bits per heavy atom. The molecule has 1 heterocycles. The van der Waals surface area contributed by atoms with Gasteiger partial charge in [0.1, 0.15) is 11.5 Å². The standard InChI is InChI=1S/C22H25N3O2S/c1-6-23-22-25(20(13-28-22)17-8-7-14(2)15(3)11-17)24-16(4)19-10-9-18(27-5)12-21(19)26/h7-13,26H,6H2,1-5H3. The topological polar surface area (TPSA) is 59.1 Å². The molecule has 146 valence electrons. The van der Waals surface area contributed by atoms with E-state index in [2.05, 4.69) is 42.4 Å². The molecule has 0 amide bonds. The first-order valence-corrected chi connectivity index (χ1v) is 10.0. The third-order valence-electron chi connectivity index (χ3n) is 4.63. The number of benzene rings is 2. The highest BCUT2D eigenvalue weighted by atomic mass is 32.1. The lowest BCUT2D eigenvalue weighted by atomic mass is 10.1. The van der Waals surface area contributed by atoms with Gasteiger partial charge in [-0.15, -0.1) is 11.3 Å². The van der Waals surface area contributed by atoms with Crippen LogP contribution in [0.15, 0.2) is 51.9 Å². The molecule has 0 atom stereocenters. The van der Waals surface area contributed by atoms with Crippen LogP contribution in [-0.2, 0) is 0 Å². The number of hydrogen-bond acceptors (Lipinski definition) is 5. The number of thiazole rings is 1. The first-order valence-electron chi connectivity index (χ1n) is 9.16. The van der Waals surface area contributed by atoms with Gasteiger partial charge in [0, 0.05) is 29.1 Å². The summed E-state index contributed by atoms with van der Waals surface area (Å²) < 4.78 is 7.02. The van der Waals surface area contributed by atoms with Crippen LogP contribution in [0.2, 0.25) is 0 Å². The van der Waals surface area contributed by atoms with Crippen LogP contribution in [-0.4, -0.2) is 29.1 Å². The van der Waals surface area contributed by atoms with Crippen molar-refractivity contribution in [2.45, 2.75) is 27.7 Å². The van der Waals surface area contributed by atoms with E-state index in [-0.39, 0.29) is 5.75 Å². The van der Waals surface area contributed by atoms with Crippen molar-refractivity contribution < 1.29 is 9.84 Å². The van der Waals surface area contributed by atoms with E-state index < -0.39 is 0 Å². The summed E-state index contributed by atoms with van der Waals surface area (Å²) in [7, 11) is 1.57. The lowest BCUT2D eigenvalue weighted by Gasteiger charge is -2.10. The van der Waals surface area contributed by atoms with E-state index in [1.807, 2.05) is 30.7 Å². The quantitative estimate of drug-likeness (QED) is 0.634. The minimum atomic E-state index is 0.137. The van der Waals surface area contributed by atoms with Crippen molar-refractivity contribution in [3.63, 3.8) is 0 Å². The molecule has 0 aliphatic carbocycles. The van der Waals surface area contributed by atoms with Gasteiger partial charge in [-0.2, -0.15) is 5.10 Å². The van der Waals surface area contributed by atoms with Crippen molar-refractivity contribution in [3.8, 4) is 22.8 Å². The third kappa shape index (κ3) is 4.02. The van der Waals surface area contributed by atoms with E-state index in [0.717, 1.165) is 16.1 Å². The molecule has 0 aliphatic rings. The molecule has 0 saturated carbocycles. The van der Waals surface area contributed by atoms with Gasteiger partial charge in [0.15, 0.2) is 0 Å². The summed E-state index contributed by atoms with van der Waals surface area (Å²) >= 11 is 1.56. The molecule has 0 aliphatic heterocycles. The minimum Gasteiger partial charge on any atom is -0.507 e. The molecule has 0 radical (unpaired) electrons. The van der Waals surface area contributed by atoms with Crippen molar-refractivity contribution in [1.82, 2.24) is 4.68 Å². The lowest BCUT2D eigenvalue weighted by molar-refractivity contribution is 0.407.